The van der Waals surface area contributed by atoms with Gasteiger partial charge in [0.1, 0.15) is 11.5 Å². The first-order valence-corrected chi connectivity index (χ1v) is 8.39. The van der Waals surface area contributed by atoms with E-state index in [0.29, 0.717) is 30.4 Å². The van der Waals surface area contributed by atoms with Crippen molar-refractivity contribution < 1.29 is 13.9 Å². The van der Waals surface area contributed by atoms with Gasteiger partial charge in [-0.05, 0) is 38.0 Å². The summed E-state index contributed by atoms with van der Waals surface area (Å²) in [7, 11) is 1.61. The van der Waals surface area contributed by atoms with Crippen molar-refractivity contribution >= 4 is 5.91 Å². The number of methoxy groups -OCH3 is 1. The highest BCUT2D eigenvalue weighted by Crippen LogP contribution is 2.26. The molecule has 25 heavy (non-hydrogen) atoms. The molecule has 0 bridgehead atoms. The van der Waals surface area contributed by atoms with E-state index < -0.39 is 0 Å². The highest BCUT2D eigenvalue weighted by Gasteiger charge is 2.24. The molecule has 0 spiro atoms. The van der Waals surface area contributed by atoms with Crippen molar-refractivity contribution in [3.63, 3.8) is 0 Å². The summed E-state index contributed by atoms with van der Waals surface area (Å²) in [4.78, 5) is 18.8. The Kier molecular flexibility index (Phi) is 5.03. The second-order valence-corrected chi connectivity index (χ2v) is 6.21. The third-order valence-corrected chi connectivity index (χ3v) is 4.56. The van der Waals surface area contributed by atoms with E-state index in [1.807, 2.05) is 36.1 Å². The normalized spacial score (nSPS) is 15.0. The molecule has 0 aliphatic carbocycles. The van der Waals surface area contributed by atoms with Crippen LogP contribution in [0.1, 0.15) is 24.3 Å². The molecule has 0 saturated carbocycles. The molecule has 0 atom stereocenters. The Labute approximate surface area is 147 Å². The Morgan fingerprint density at radius 1 is 1.44 bits per heavy atom. The topological polar surface area (TPSA) is 79.4 Å². The van der Waals surface area contributed by atoms with Gasteiger partial charge in [0.2, 0.25) is 11.8 Å². The zero-order valence-corrected chi connectivity index (χ0v) is 14.5. The van der Waals surface area contributed by atoms with Crippen molar-refractivity contribution in [2.24, 2.45) is 5.92 Å². The smallest absolute Gasteiger partial charge is 0.228 e. The maximum Gasteiger partial charge on any atom is 0.228 e. The van der Waals surface area contributed by atoms with Gasteiger partial charge >= 0.3 is 0 Å². The van der Waals surface area contributed by atoms with E-state index in [1.165, 1.54) is 0 Å². The number of nitrogens with zero attached hydrogens (tertiary/aromatic N) is 3. The fourth-order valence-corrected chi connectivity index (χ4v) is 2.98. The van der Waals surface area contributed by atoms with Crippen LogP contribution in [0.5, 0.6) is 5.75 Å². The summed E-state index contributed by atoms with van der Waals surface area (Å²) < 4.78 is 11.0. The molecular formula is C19H21N3O3. The summed E-state index contributed by atoms with van der Waals surface area (Å²) in [5.74, 6) is 1.97. The monoisotopic (exact) mass is 339 g/mol. The van der Waals surface area contributed by atoms with Crippen LogP contribution >= 0.6 is 0 Å². The summed E-state index contributed by atoms with van der Waals surface area (Å²) in [6, 6.07) is 9.75. The number of carbonyl (C=O) groups is 1. The number of likely N-dealkylation sites (tertiary alicyclic amines) is 1. The molecule has 130 valence electrons. The van der Waals surface area contributed by atoms with Crippen molar-refractivity contribution in [3.8, 4) is 23.3 Å². The second-order valence-electron chi connectivity index (χ2n) is 6.21. The van der Waals surface area contributed by atoms with Crippen LogP contribution in [0.15, 0.2) is 28.7 Å². The van der Waals surface area contributed by atoms with E-state index in [4.69, 9.17) is 14.4 Å². The molecule has 1 aromatic heterocycles. The number of hydrogen-bond donors (Lipinski definition) is 0. The molecule has 3 rings (SSSR count). The van der Waals surface area contributed by atoms with Crippen LogP contribution in [0.4, 0.5) is 0 Å². The Balaban J connectivity index is 1.70. The average Bonchev–Trinajstić information content (AvgIpc) is 3.02. The lowest BCUT2D eigenvalue weighted by Gasteiger charge is -2.29. The van der Waals surface area contributed by atoms with Gasteiger partial charge in [0.25, 0.3) is 0 Å². The summed E-state index contributed by atoms with van der Waals surface area (Å²) in [6.45, 7) is 3.09. The summed E-state index contributed by atoms with van der Waals surface area (Å²) in [5, 5.41) is 8.95. The van der Waals surface area contributed by atoms with Gasteiger partial charge in [-0.2, -0.15) is 5.26 Å². The van der Waals surface area contributed by atoms with Gasteiger partial charge in [-0.25, -0.2) is 4.98 Å². The molecule has 1 aliphatic rings. The highest BCUT2D eigenvalue weighted by atomic mass is 16.5. The third-order valence-electron chi connectivity index (χ3n) is 4.56. The number of benzene rings is 1. The number of nitriles is 1. The number of aryl methyl sites for hydroxylation is 1. The van der Waals surface area contributed by atoms with Gasteiger partial charge in [-0.1, -0.05) is 6.07 Å². The van der Waals surface area contributed by atoms with Crippen molar-refractivity contribution in [3.05, 3.63) is 35.7 Å². The summed E-state index contributed by atoms with van der Waals surface area (Å²) in [5.41, 5.74) is 1.47. The molecule has 6 heteroatoms. The average molecular weight is 339 g/mol. The zero-order chi connectivity index (χ0) is 17.8. The minimum Gasteiger partial charge on any atom is -0.497 e. The molecule has 6 nitrogen and oxygen atoms in total. The highest BCUT2D eigenvalue weighted by molar-refractivity contribution is 5.78. The van der Waals surface area contributed by atoms with E-state index >= 15 is 0 Å². The third kappa shape index (κ3) is 3.82. The van der Waals surface area contributed by atoms with Gasteiger partial charge in [0.05, 0.1) is 25.3 Å². The number of carbonyl (C=O) groups excluding carboxylic acids is 1. The van der Waals surface area contributed by atoms with Gasteiger partial charge in [0, 0.05) is 24.6 Å². The van der Waals surface area contributed by atoms with Crippen LogP contribution in [0.2, 0.25) is 0 Å². The minimum absolute atomic E-state index is 0.0324. The Hall–Kier alpha value is -2.81. The van der Waals surface area contributed by atoms with Gasteiger partial charge in [-0.15, -0.1) is 0 Å². The molecule has 1 aliphatic heterocycles. The Morgan fingerprint density at radius 3 is 2.88 bits per heavy atom. The van der Waals surface area contributed by atoms with E-state index in [2.05, 4.69) is 11.1 Å². The summed E-state index contributed by atoms with van der Waals surface area (Å²) >= 11 is 0. The lowest BCUT2D eigenvalue weighted by atomic mass is 9.98. The molecule has 2 heterocycles. The lowest BCUT2D eigenvalue weighted by molar-refractivity contribution is -0.131. The lowest BCUT2D eigenvalue weighted by Crippen LogP contribution is -2.39. The number of piperidine rings is 1. The van der Waals surface area contributed by atoms with E-state index in [9.17, 15) is 4.79 Å². The van der Waals surface area contributed by atoms with E-state index in [0.717, 1.165) is 24.2 Å². The van der Waals surface area contributed by atoms with Crippen molar-refractivity contribution in [2.75, 3.05) is 20.2 Å². The molecule has 1 fully saturated rings. The Morgan fingerprint density at radius 2 is 2.20 bits per heavy atom. The quantitative estimate of drug-likeness (QED) is 0.855. The maximum atomic E-state index is 12.5. The molecular weight excluding hydrogens is 318 g/mol. The fourth-order valence-electron chi connectivity index (χ4n) is 2.98. The number of amides is 1. The summed E-state index contributed by atoms with van der Waals surface area (Å²) in [6.07, 6.45) is 1.71. The molecule has 1 saturated heterocycles. The molecule has 2 aromatic rings. The SMILES string of the molecule is COc1cccc(-c2nc(CC(=O)N3CCC(C#N)CC3)c(C)o2)c1. The molecule has 0 radical (unpaired) electrons. The largest absolute Gasteiger partial charge is 0.497 e. The molecule has 1 amide bonds. The molecule has 0 unspecified atom stereocenters. The van der Waals surface area contributed by atoms with Crippen molar-refractivity contribution in [1.29, 1.82) is 5.26 Å². The van der Waals surface area contributed by atoms with Crippen LogP contribution < -0.4 is 4.74 Å². The van der Waals surface area contributed by atoms with Gasteiger partial charge in [-0.3, -0.25) is 4.79 Å². The van der Waals surface area contributed by atoms with E-state index in [-0.39, 0.29) is 18.2 Å². The standard InChI is InChI=1S/C19H21N3O3/c1-13-17(11-18(23)22-8-6-14(12-20)7-9-22)21-19(25-13)15-4-3-5-16(10-15)24-2/h3-5,10,14H,6-9,11H2,1-2H3. The first-order chi connectivity index (χ1) is 12.1. The van der Waals surface area contributed by atoms with Gasteiger partial charge < -0.3 is 14.1 Å². The number of hydrogen-bond acceptors (Lipinski definition) is 5. The van der Waals surface area contributed by atoms with Crippen LogP contribution in [0.3, 0.4) is 0 Å². The van der Waals surface area contributed by atoms with Crippen molar-refractivity contribution in [1.82, 2.24) is 9.88 Å². The predicted octanol–water partition coefficient (Wildman–Crippen LogP) is 2.96. The fraction of sp³-hybridized carbons (Fsp3) is 0.421. The zero-order valence-electron chi connectivity index (χ0n) is 14.5. The molecule has 1 aromatic carbocycles. The number of ether oxygens (including phenoxy) is 1. The predicted molar refractivity (Wildman–Crippen MR) is 91.8 cm³/mol. The van der Waals surface area contributed by atoms with Crippen LogP contribution in [-0.2, 0) is 11.2 Å². The minimum atomic E-state index is 0.0324. The van der Waals surface area contributed by atoms with E-state index in [1.54, 1.807) is 7.11 Å². The van der Waals surface area contributed by atoms with Crippen molar-refractivity contribution in [2.45, 2.75) is 26.2 Å². The number of aromatic nitrogens is 1. The van der Waals surface area contributed by atoms with Crippen LogP contribution in [-0.4, -0.2) is 36.0 Å². The van der Waals surface area contributed by atoms with Crippen LogP contribution in [0, 0.1) is 24.2 Å². The Bertz CT molecular complexity index is 798. The first kappa shape index (κ1) is 17.0. The molecule has 0 N–H and O–H groups in total. The number of rotatable bonds is 4. The number of oxazole rings is 1. The van der Waals surface area contributed by atoms with Gasteiger partial charge in [0.15, 0.2) is 0 Å². The maximum absolute atomic E-state index is 12.5. The first-order valence-electron chi connectivity index (χ1n) is 8.39. The van der Waals surface area contributed by atoms with Crippen LogP contribution in [0.25, 0.3) is 11.5 Å². The second kappa shape index (κ2) is 7.39.